The predicted molar refractivity (Wildman–Crippen MR) is 98.2 cm³/mol. The summed E-state index contributed by atoms with van der Waals surface area (Å²) in [5, 5.41) is 12.0. The zero-order chi connectivity index (χ0) is 17.1. The van der Waals surface area contributed by atoms with E-state index in [0.29, 0.717) is 36.0 Å². The van der Waals surface area contributed by atoms with Gasteiger partial charge >= 0.3 is 0 Å². The standard InChI is InChI=1S/C18H25N3O3.CH4/c1-3-14-16(18(23)19-12(2)10-22)21-9-5-8-15(17(21)20-14)24-11-13-6-4-7-13;/h5,8-9,12-13,22H,3-4,6-7,10-11H2,1-2H3,(H,19,23);1H4/t12-;/m0./s1. The molecule has 25 heavy (non-hydrogen) atoms. The van der Waals surface area contributed by atoms with Crippen molar-refractivity contribution in [1.82, 2.24) is 14.7 Å². The van der Waals surface area contributed by atoms with Crippen LogP contribution in [-0.4, -0.2) is 39.7 Å². The Morgan fingerprint density at radius 1 is 1.52 bits per heavy atom. The Morgan fingerprint density at radius 3 is 2.88 bits per heavy atom. The highest BCUT2D eigenvalue weighted by Crippen LogP contribution is 2.29. The SMILES string of the molecule is C.CCc1nc2c(OCC3CCC3)cccn2c1C(=O)N[C@@H](C)CO. The summed E-state index contributed by atoms with van der Waals surface area (Å²) in [5.74, 6) is 1.13. The van der Waals surface area contributed by atoms with Crippen LogP contribution in [0.1, 0.15) is 56.7 Å². The molecule has 0 saturated heterocycles. The molecule has 0 spiro atoms. The number of amides is 1. The van der Waals surface area contributed by atoms with E-state index < -0.39 is 0 Å². The maximum atomic E-state index is 12.6. The Balaban J connectivity index is 0.00000225. The minimum Gasteiger partial charge on any atom is -0.489 e. The van der Waals surface area contributed by atoms with Crippen molar-refractivity contribution in [3.05, 3.63) is 29.7 Å². The summed E-state index contributed by atoms with van der Waals surface area (Å²) in [7, 11) is 0. The molecular weight excluding hydrogens is 318 g/mol. The molecule has 1 aliphatic carbocycles. The zero-order valence-electron chi connectivity index (χ0n) is 14.3. The minimum atomic E-state index is -0.300. The van der Waals surface area contributed by atoms with E-state index in [4.69, 9.17) is 9.84 Å². The van der Waals surface area contributed by atoms with Crippen molar-refractivity contribution in [2.75, 3.05) is 13.2 Å². The topological polar surface area (TPSA) is 75.9 Å². The molecule has 1 aliphatic rings. The second kappa shape index (κ2) is 8.34. The van der Waals surface area contributed by atoms with Gasteiger partial charge in [-0.3, -0.25) is 9.20 Å². The number of fused-ring (bicyclic) bond motifs is 1. The molecule has 0 unspecified atom stereocenters. The van der Waals surface area contributed by atoms with Gasteiger partial charge in [-0.15, -0.1) is 0 Å². The summed E-state index contributed by atoms with van der Waals surface area (Å²) in [5.41, 5.74) is 1.93. The van der Waals surface area contributed by atoms with Crippen LogP contribution >= 0.6 is 0 Å². The molecule has 1 fully saturated rings. The Morgan fingerprint density at radius 2 is 2.28 bits per heavy atom. The van der Waals surface area contributed by atoms with Crippen LogP contribution in [0.3, 0.4) is 0 Å². The van der Waals surface area contributed by atoms with Gasteiger partial charge in [-0.25, -0.2) is 4.98 Å². The Labute approximate surface area is 149 Å². The molecule has 0 aromatic carbocycles. The number of hydrogen-bond donors (Lipinski definition) is 2. The van der Waals surface area contributed by atoms with E-state index in [2.05, 4.69) is 10.3 Å². The fourth-order valence-electron chi connectivity index (χ4n) is 2.89. The van der Waals surface area contributed by atoms with Gasteiger partial charge in [-0.2, -0.15) is 0 Å². The first-order chi connectivity index (χ1) is 11.6. The molecule has 0 radical (unpaired) electrons. The van der Waals surface area contributed by atoms with Gasteiger partial charge < -0.3 is 15.2 Å². The average molecular weight is 347 g/mol. The highest BCUT2D eigenvalue weighted by atomic mass is 16.5. The van der Waals surface area contributed by atoms with Crippen LogP contribution in [0, 0.1) is 5.92 Å². The lowest BCUT2D eigenvalue weighted by Crippen LogP contribution is -2.36. The van der Waals surface area contributed by atoms with E-state index in [-0.39, 0.29) is 26.0 Å². The number of imidazole rings is 1. The number of carbonyl (C=O) groups excluding carboxylic acids is 1. The first kappa shape index (κ1) is 19.2. The van der Waals surface area contributed by atoms with Gasteiger partial charge in [-0.1, -0.05) is 20.8 Å². The zero-order valence-corrected chi connectivity index (χ0v) is 14.3. The van der Waals surface area contributed by atoms with E-state index in [1.807, 2.05) is 25.3 Å². The van der Waals surface area contributed by atoms with Crippen molar-refractivity contribution in [2.24, 2.45) is 5.92 Å². The van der Waals surface area contributed by atoms with Gasteiger partial charge in [0.2, 0.25) is 0 Å². The number of aliphatic hydroxyl groups is 1. The van der Waals surface area contributed by atoms with E-state index in [9.17, 15) is 4.79 Å². The number of nitrogens with zero attached hydrogens (tertiary/aromatic N) is 2. The summed E-state index contributed by atoms with van der Waals surface area (Å²) in [6.07, 6.45) is 6.22. The van der Waals surface area contributed by atoms with Crippen molar-refractivity contribution in [3.63, 3.8) is 0 Å². The van der Waals surface area contributed by atoms with Crippen molar-refractivity contribution >= 4 is 11.6 Å². The van der Waals surface area contributed by atoms with Crippen LogP contribution < -0.4 is 10.1 Å². The lowest BCUT2D eigenvalue weighted by Gasteiger charge is -2.25. The lowest BCUT2D eigenvalue weighted by atomic mass is 9.86. The molecule has 2 heterocycles. The molecule has 1 saturated carbocycles. The molecule has 6 heteroatoms. The predicted octanol–water partition coefficient (Wildman–Crippen LogP) is 2.82. The number of hydrogen-bond acceptors (Lipinski definition) is 4. The van der Waals surface area contributed by atoms with E-state index in [0.717, 1.165) is 5.69 Å². The maximum Gasteiger partial charge on any atom is 0.270 e. The molecule has 3 rings (SSSR count). The van der Waals surface area contributed by atoms with Crippen LogP contribution in [0.25, 0.3) is 5.65 Å². The highest BCUT2D eigenvalue weighted by Gasteiger charge is 2.22. The normalized spacial score (nSPS) is 15.3. The molecule has 2 N–H and O–H groups in total. The van der Waals surface area contributed by atoms with Gasteiger partial charge in [0.15, 0.2) is 11.4 Å². The molecule has 138 valence electrons. The summed E-state index contributed by atoms with van der Waals surface area (Å²) >= 11 is 0. The van der Waals surface area contributed by atoms with Crippen molar-refractivity contribution in [3.8, 4) is 5.75 Å². The summed E-state index contributed by atoms with van der Waals surface area (Å²) < 4.78 is 7.75. The van der Waals surface area contributed by atoms with Crippen molar-refractivity contribution < 1.29 is 14.6 Å². The Kier molecular flexibility index (Phi) is 6.42. The van der Waals surface area contributed by atoms with Crippen LogP contribution in [0.5, 0.6) is 5.75 Å². The molecule has 1 atom stereocenters. The number of carbonyl (C=O) groups is 1. The van der Waals surface area contributed by atoms with Crippen LogP contribution in [0.2, 0.25) is 0 Å². The number of ether oxygens (including phenoxy) is 1. The molecular formula is C19H29N3O3. The molecule has 2 aromatic rings. The van der Waals surface area contributed by atoms with Gasteiger partial charge in [0.1, 0.15) is 5.69 Å². The van der Waals surface area contributed by atoms with E-state index in [1.165, 1.54) is 19.3 Å². The summed E-state index contributed by atoms with van der Waals surface area (Å²) in [6.45, 7) is 4.35. The van der Waals surface area contributed by atoms with Crippen molar-refractivity contribution in [2.45, 2.75) is 53.0 Å². The van der Waals surface area contributed by atoms with Gasteiger partial charge in [0.25, 0.3) is 5.91 Å². The Hall–Kier alpha value is -2.08. The minimum absolute atomic E-state index is 0. The third kappa shape index (κ3) is 3.95. The van der Waals surface area contributed by atoms with Gasteiger partial charge in [0.05, 0.1) is 18.9 Å². The van der Waals surface area contributed by atoms with Crippen molar-refractivity contribution in [1.29, 1.82) is 0 Å². The number of rotatable bonds is 7. The number of aromatic nitrogens is 2. The highest BCUT2D eigenvalue weighted by molar-refractivity contribution is 5.95. The lowest BCUT2D eigenvalue weighted by molar-refractivity contribution is 0.0915. The fraction of sp³-hybridized carbons (Fsp3) is 0.579. The number of aryl methyl sites for hydroxylation is 1. The smallest absolute Gasteiger partial charge is 0.270 e. The maximum absolute atomic E-state index is 12.6. The molecule has 0 bridgehead atoms. The van der Waals surface area contributed by atoms with Gasteiger partial charge in [0, 0.05) is 12.2 Å². The number of aliphatic hydroxyl groups excluding tert-OH is 1. The third-order valence-electron chi connectivity index (χ3n) is 4.59. The first-order valence-corrected chi connectivity index (χ1v) is 8.68. The number of pyridine rings is 1. The van der Waals surface area contributed by atoms with Crippen LogP contribution in [-0.2, 0) is 6.42 Å². The first-order valence-electron chi connectivity index (χ1n) is 8.68. The van der Waals surface area contributed by atoms with Gasteiger partial charge in [-0.05, 0) is 44.2 Å². The van der Waals surface area contributed by atoms with Crippen LogP contribution in [0.4, 0.5) is 0 Å². The quantitative estimate of drug-likeness (QED) is 0.807. The molecule has 2 aromatic heterocycles. The third-order valence-corrected chi connectivity index (χ3v) is 4.59. The molecule has 0 aliphatic heterocycles. The summed E-state index contributed by atoms with van der Waals surface area (Å²) in [4.78, 5) is 17.2. The summed E-state index contributed by atoms with van der Waals surface area (Å²) in [6, 6.07) is 3.47. The fourth-order valence-corrected chi connectivity index (χ4v) is 2.89. The number of nitrogens with one attached hydrogen (secondary N) is 1. The van der Waals surface area contributed by atoms with E-state index >= 15 is 0 Å². The van der Waals surface area contributed by atoms with E-state index in [1.54, 1.807) is 11.3 Å². The molecule has 1 amide bonds. The van der Waals surface area contributed by atoms with Crippen LogP contribution in [0.15, 0.2) is 18.3 Å². The Bertz CT molecular complexity index is 722. The second-order valence-electron chi connectivity index (χ2n) is 6.49. The largest absolute Gasteiger partial charge is 0.489 e. The monoisotopic (exact) mass is 347 g/mol. The second-order valence-corrected chi connectivity index (χ2v) is 6.49. The molecule has 6 nitrogen and oxygen atoms in total. The average Bonchev–Trinajstić information content (AvgIpc) is 2.92.